The van der Waals surface area contributed by atoms with E-state index in [1.54, 1.807) is 0 Å². The fraction of sp³-hybridized carbons (Fsp3) is 0.350. The number of likely N-dealkylation sites (N-methyl/N-ethyl adjacent to an activating group) is 1. The van der Waals surface area contributed by atoms with Crippen LogP contribution in [-0.4, -0.2) is 23.1 Å². The second-order valence-corrected chi connectivity index (χ2v) is 6.52. The standard InChI is InChI=1S/C20H25N3/c1-15(2)12-18-14-23(11-10-21-3)20-5-4-17(13-19(18)20)16-6-8-22-9-7-16/h4-9,13-15,21H,10-12H2,1-3H3. The summed E-state index contributed by atoms with van der Waals surface area (Å²) in [4.78, 5) is 4.12. The highest BCUT2D eigenvalue weighted by atomic mass is 15.0. The van der Waals surface area contributed by atoms with E-state index in [9.17, 15) is 0 Å². The highest BCUT2D eigenvalue weighted by Crippen LogP contribution is 2.29. The lowest BCUT2D eigenvalue weighted by Gasteiger charge is -2.06. The number of benzene rings is 1. The predicted octanol–water partition coefficient (Wildman–Crippen LogP) is 4.12. The van der Waals surface area contributed by atoms with E-state index in [0.29, 0.717) is 5.92 Å². The molecular formula is C20H25N3. The molecule has 0 spiro atoms. The average Bonchev–Trinajstić information content (AvgIpc) is 2.90. The second kappa shape index (κ2) is 6.97. The molecule has 3 heteroatoms. The molecule has 0 saturated carbocycles. The van der Waals surface area contributed by atoms with Crippen LogP contribution in [0.4, 0.5) is 0 Å². The van der Waals surface area contributed by atoms with Crippen LogP contribution in [0.3, 0.4) is 0 Å². The quantitative estimate of drug-likeness (QED) is 0.742. The molecule has 2 aromatic heterocycles. The number of hydrogen-bond acceptors (Lipinski definition) is 2. The van der Waals surface area contributed by atoms with E-state index in [-0.39, 0.29) is 0 Å². The fourth-order valence-electron chi connectivity index (χ4n) is 3.11. The average molecular weight is 307 g/mol. The van der Waals surface area contributed by atoms with Gasteiger partial charge in [0.25, 0.3) is 0 Å². The van der Waals surface area contributed by atoms with Crippen LogP contribution in [0.25, 0.3) is 22.0 Å². The normalized spacial score (nSPS) is 11.5. The zero-order valence-electron chi connectivity index (χ0n) is 14.2. The lowest BCUT2D eigenvalue weighted by Crippen LogP contribution is -2.14. The van der Waals surface area contributed by atoms with E-state index in [2.05, 4.69) is 65.2 Å². The maximum absolute atomic E-state index is 4.12. The summed E-state index contributed by atoms with van der Waals surface area (Å²) in [6.07, 6.45) is 7.15. The van der Waals surface area contributed by atoms with E-state index in [1.165, 1.54) is 27.6 Å². The van der Waals surface area contributed by atoms with Gasteiger partial charge in [-0.3, -0.25) is 4.98 Å². The molecule has 0 atom stereocenters. The third-order valence-electron chi connectivity index (χ3n) is 4.21. The van der Waals surface area contributed by atoms with Crippen molar-refractivity contribution in [3.8, 4) is 11.1 Å². The molecule has 0 amide bonds. The zero-order valence-corrected chi connectivity index (χ0v) is 14.2. The zero-order chi connectivity index (χ0) is 16.2. The van der Waals surface area contributed by atoms with Crippen molar-refractivity contribution >= 4 is 10.9 Å². The van der Waals surface area contributed by atoms with Crippen LogP contribution in [-0.2, 0) is 13.0 Å². The number of nitrogens with zero attached hydrogens (tertiary/aromatic N) is 2. The summed E-state index contributed by atoms with van der Waals surface area (Å²) in [7, 11) is 2.00. The SMILES string of the molecule is CNCCn1cc(CC(C)C)c2cc(-c3ccncc3)ccc21. The first-order valence-corrected chi connectivity index (χ1v) is 8.36. The summed E-state index contributed by atoms with van der Waals surface area (Å²) >= 11 is 0. The van der Waals surface area contributed by atoms with Crippen molar-refractivity contribution in [2.24, 2.45) is 5.92 Å². The van der Waals surface area contributed by atoms with Gasteiger partial charge in [0.1, 0.15) is 0 Å². The van der Waals surface area contributed by atoms with E-state index in [0.717, 1.165) is 19.5 Å². The van der Waals surface area contributed by atoms with Crippen molar-refractivity contribution in [1.29, 1.82) is 0 Å². The van der Waals surface area contributed by atoms with Crippen molar-refractivity contribution in [3.63, 3.8) is 0 Å². The number of rotatable bonds is 6. The molecule has 0 aliphatic carbocycles. The molecule has 0 fully saturated rings. The van der Waals surface area contributed by atoms with Crippen molar-refractivity contribution in [2.45, 2.75) is 26.8 Å². The molecule has 120 valence electrons. The summed E-state index contributed by atoms with van der Waals surface area (Å²) in [5.74, 6) is 0.655. The summed E-state index contributed by atoms with van der Waals surface area (Å²) in [5.41, 5.74) is 5.26. The van der Waals surface area contributed by atoms with Crippen LogP contribution in [0.1, 0.15) is 19.4 Å². The van der Waals surface area contributed by atoms with Crippen LogP contribution in [0.5, 0.6) is 0 Å². The lowest BCUT2D eigenvalue weighted by molar-refractivity contribution is 0.636. The second-order valence-electron chi connectivity index (χ2n) is 6.52. The minimum Gasteiger partial charge on any atom is -0.346 e. The lowest BCUT2D eigenvalue weighted by atomic mass is 9.99. The minimum atomic E-state index is 0.655. The smallest absolute Gasteiger partial charge is 0.0484 e. The Hall–Kier alpha value is -2.13. The van der Waals surface area contributed by atoms with Gasteiger partial charge < -0.3 is 9.88 Å². The number of pyridine rings is 1. The molecule has 3 rings (SSSR count). The maximum Gasteiger partial charge on any atom is 0.0484 e. The van der Waals surface area contributed by atoms with Gasteiger partial charge in [0.2, 0.25) is 0 Å². The molecule has 0 unspecified atom stereocenters. The van der Waals surface area contributed by atoms with E-state index >= 15 is 0 Å². The van der Waals surface area contributed by atoms with Gasteiger partial charge in [-0.1, -0.05) is 19.9 Å². The first-order chi connectivity index (χ1) is 11.2. The molecule has 2 heterocycles. The van der Waals surface area contributed by atoms with Crippen molar-refractivity contribution in [1.82, 2.24) is 14.9 Å². The number of fused-ring (bicyclic) bond motifs is 1. The Morgan fingerprint density at radius 3 is 2.57 bits per heavy atom. The molecular weight excluding hydrogens is 282 g/mol. The van der Waals surface area contributed by atoms with Gasteiger partial charge in [0.05, 0.1) is 0 Å². The Bertz CT molecular complexity index is 772. The Morgan fingerprint density at radius 1 is 1.09 bits per heavy atom. The van der Waals surface area contributed by atoms with E-state index < -0.39 is 0 Å². The predicted molar refractivity (Wildman–Crippen MR) is 97.6 cm³/mol. The van der Waals surface area contributed by atoms with Crippen LogP contribution < -0.4 is 5.32 Å². The molecule has 0 radical (unpaired) electrons. The largest absolute Gasteiger partial charge is 0.346 e. The highest BCUT2D eigenvalue weighted by Gasteiger charge is 2.11. The molecule has 3 aromatic rings. The Kier molecular flexibility index (Phi) is 4.77. The fourth-order valence-corrected chi connectivity index (χ4v) is 3.11. The first-order valence-electron chi connectivity index (χ1n) is 8.36. The molecule has 1 N–H and O–H groups in total. The van der Waals surface area contributed by atoms with Gasteiger partial charge in [0.15, 0.2) is 0 Å². The Balaban J connectivity index is 2.08. The van der Waals surface area contributed by atoms with Crippen LogP contribution in [0, 0.1) is 5.92 Å². The summed E-state index contributed by atoms with van der Waals surface area (Å²) in [5, 5.41) is 4.62. The van der Waals surface area contributed by atoms with Gasteiger partial charge in [-0.25, -0.2) is 0 Å². The first kappa shape index (κ1) is 15.8. The van der Waals surface area contributed by atoms with Gasteiger partial charge >= 0.3 is 0 Å². The van der Waals surface area contributed by atoms with Crippen LogP contribution >= 0.6 is 0 Å². The number of aromatic nitrogens is 2. The monoisotopic (exact) mass is 307 g/mol. The minimum absolute atomic E-state index is 0.655. The van der Waals surface area contributed by atoms with Gasteiger partial charge in [-0.05, 0) is 60.3 Å². The van der Waals surface area contributed by atoms with Crippen molar-refractivity contribution in [3.05, 3.63) is 54.5 Å². The molecule has 0 saturated heterocycles. The van der Waals surface area contributed by atoms with Crippen molar-refractivity contribution in [2.75, 3.05) is 13.6 Å². The van der Waals surface area contributed by atoms with E-state index in [1.807, 2.05) is 19.4 Å². The van der Waals surface area contributed by atoms with Crippen molar-refractivity contribution < 1.29 is 0 Å². The summed E-state index contributed by atoms with van der Waals surface area (Å²) in [6.45, 7) is 6.55. The Morgan fingerprint density at radius 2 is 1.87 bits per heavy atom. The van der Waals surface area contributed by atoms with E-state index in [4.69, 9.17) is 0 Å². The molecule has 0 aliphatic heterocycles. The van der Waals surface area contributed by atoms with Gasteiger partial charge in [0, 0.05) is 42.6 Å². The highest BCUT2D eigenvalue weighted by molar-refractivity contribution is 5.88. The van der Waals surface area contributed by atoms with Gasteiger partial charge in [-0.15, -0.1) is 0 Å². The molecule has 3 nitrogen and oxygen atoms in total. The molecule has 23 heavy (non-hydrogen) atoms. The topological polar surface area (TPSA) is 29.9 Å². The summed E-state index contributed by atoms with van der Waals surface area (Å²) < 4.78 is 2.37. The molecule has 0 bridgehead atoms. The maximum atomic E-state index is 4.12. The van der Waals surface area contributed by atoms with Crippen LogP contribution in [0.15, 0.2) is 48.9 Å². The Labute approximate surface area is 138 Å². The molecule has 0 aliphatic rings. The third-order valence-corrected chi connectivity index (χ3v) is 4.21. The number of nitrogens with one attached hydrogen (secondary N) is 1. The van der Waals surface area contributed by atoms with Crippen LogP contribution in [0.2, 0.25) is 0 Å². The number of hydrogen-bond donors (Lipinski definition) is 1. The summed E-state index contributed by atoms with van der Waals surface area (Å²) in [6, 6.07) is 10.9. The third kappa shape index (κ3) is 3.45. The van der Waals surface area contributed by atoms with Gasteiger partial charge in [-0.2, -0.15) is 0 Å². The molecule has 1 aromatic carbocycles.